The number of carbonyl (C=O) groups is 1. The number of carbonyl (C=O) groups excluding carboxylic acids is 1. The third-order valence-electron chi connectivity index (χ3n) is 14.9. The van der Waals surface area contributed by atoms with Gasteiger partial charge in [0.05, 0.1) is 12.7 Å². The molecule has 0 bridgehead atoms. The number of fused-ring (bicyclic) bond motifs is 7. The first kappa shape index (κ1) is 30.2. The molecule has 6 nitrogen and oxygen atoms in total. The van der Waals surface area contributed by atoms with Gasteiger partial charge in [-0.25, -0.2) is 0 Å². The molecule has 0 amide bonds. The van der Waals surface area contributed by atoms with Crippen LogP contribution in [0.5, 0.6) is 0 Å². The molecule has 12 atom stereocenters. The lowest BCUT2D eigenvalue weighted by molar-refractivity contribution is -0.245. The van der Waals surface area contributed by atoms with E-state index in [0.717, 1.165) is 57.8 Å². The SMILES string of the molecule is CC1(C)CC[C@]2(C(O)[C@@H]3OC[C@@H](O)[C@H](O)C3O)CC[C@]3(C)C(=CCC4[C@@]5(C)CCC(=O)C(C)(C)C5CC[C@]43C)C2C1. The first-order valence-corrected chi connectivity index (χ1v) is 16.5. The van der Waals surface area contributed by atoms with Gasteiger partial charge in [0.15, 0.2) is 0 Å². The van der Waals surface area contributed by atoms with Gasteiger partial charge in [-0.2, -0.15) is 0 Å². The summed E-state index contributed by atoms with van der Waals surface area (Å²) in [5.74, 6) is 1.54. The average molecular weight is 573 g/mol. The number of hydrogen-bond acceptors (Lipinski definition) is 6. The molecule has 4 N–H and O–H groups in total. The van der Waals surface area contributed by atoms with E-state index in [-0.39, 0.29) is 39.6 Å². The minimum Gasteiger partial charge on any atom is -0.390 e. The zero-order valence-electron chi connectivity index (χ0n) is 26.6. The highest BCUT2D eigenvalue weighted by Gasteiger charge is 2.69. The lowest BCUT2D eigenvalue weighted by Crippen LogP contribution is -2.67. The molecular formula is C35H56O6. The summed E-state index contributed by atoms with van der Waals surface area (Å²) in [5.41, 5.74) is 1.19. The van der Waals surface area contributed by atoms with Crippen molar-refractivity contribution >= 4 is 5.78 Å². The standard InChI is InChI=1S/C35H56O6/c1-30(2)14-16-35(29(40)28-27(39)26(38)22(36)19-41-28)17-15-33(6)20(21(35)18-30)8-9-24-32(5)12-11-25(37)31(3,4)23(32)10-13-34(24,33)7/h8,21-24,26-29,36,38-40H,9-19H2,1-7H3/t21?,22-,23?,24?,26+,27?,28-,29?,32+,33-,34-,35+/m1/s1. The van der Waals surface area contributed by atoms with Crippen LogP contribution in [0.1, 0.15) is 113 Å². The topological polar surface area (TPSA) is 107 Å². The van der Waals surface area contributed by atoms with Crippen LogP contribution in [0.3, 0.4) is 0 Å². The highest BCUT2D eigenvalue weighted by Crippen LogP contribution is 2.76. The van der Waals surface area contributed by atoms with Gasteiger partial charge in [0.1, 0.15) is 30.2 Å². The van der Waals surface area contributed by atoms with Gasteiger partial charge in [-0.15, -0.1) is 0 Å². The van der Waals surface area contributed by atoms with Crippen LogP contribution in [-0.4, -0.2) is 63.3 Å². The summed E-state index contributed by atoms with van der Waals surface area (Å²) in [6.45, 7) is 16.6. The Hall–Kier alpha value is -0.790. The maximum Gasteiger partial charge on any atom is 0.138 e. The molecule has 232 valence electrons. The van der Waals surface area contributed by atoms with Gasteiger partial charge < -0.3 is 25.2 Å². The van der Waals surface area contributed by atoms with Crippen molar-refractivity contribution in [1.29, 1.82) is 0 Å². The number of ketones is 1. The van der Waals surface area contributed by atoms with Gasteiger partial charge in [-0.1, -0.05) is 60.1 Å². The number of hydrogen-bond donors (Lipinski definition) is 4. The van der Waals surface area contributed by atoms with Gasteiger partial charge >= 0.3 is 0 Å². The van der Waals surface area contributed by atoms with Crippen LogP contribution < -0.4 is 0 Å². The van der Waals surface area contributed by atoms with Crippen molar-refractivity contribution in [2.45, 2.75) is 143 Å². The molecule has 6 rings (SSSR count). The third kappa shape index (κ3) is 3.95. The van der Waals surface area contributed by atoms with Crippen LogP contribution in [0.15, 0.2) is 11.6 Å². The number of ether oxygens (including phenoxy) is 1. The van der Waals surface area contributed by atoms with Crippen LogP contribution >= 0.6 is 0 Å². The minimum absolute atomic E-state index is 0.00144. The van der Waals surface area contributed by atoms with Crippen molar-refractivity contribution in [1.82, 2.24) is 0 Å². The first-order chi connectivity index (χ1) is 18.9. The zero-order chi connectivity index (χ0) is 30.0. The Morgan fingerprint density at radius 3 is 2.27 bits per heavy atom. The predicted octanol–water partition coefficient (Wildman–Crippen LogP) is 5.20. The molecule has 1 saturated heterocycles. The van der Waals surface area contributed by atoms with E-state index in [1.807, 2.05) is 0 Å². The molecule has 41 heavy (non-hydrogen) atoms. The van der Waals surface area contributed by atoms with Gasteiger partial charge in [-0.3, -0.25) is 4.79 Å². The minimum atomic E-state index is -1.32. The fourth-order valence-corrected chi connectivity index (χ4v) is 12.0. The second-order valence-corrected chi connectivity index (χ2v) is 17.4. The van der Waals surface area contributed by atoms with Gasteiger partial charge in [-0.05, 0) is 97.2 Å². The lowest BCUT2D eigenvalue weighted by Gasteiger charge is -2.71. The Kier molecular flexibility index (Phi) is 6.90. The zero-order valence-corrected chi connectivity index (χ0v) is 26.6. The average Bonchev–Trinajstić information content (AvgIpc) is 2.89. The number of aliphatic hydroxyl groups is 4. The molecule has 1 heterocycles. The molecule has 1 aliphatic heterocycles. The second-order valence-electron chi connectivity index (χ2n) is 17.4. The largest absolute Gasteiger partial charge is 0.390 e. The normalized spacial score (nSPS) is 53.2. The fraction of sp³-hybridized carbons (Fsp3) is 0.914. The number of allylic oxidation sites excluding steroid dienone is 2. The van der Waals surface area contributed by atoms with Crippen LogP contribution in [0.25, 0.3) is 0 Å². The van der Waals surface area contributed by atoms with E-state index in [1.165, 1.54) is 5.57 Å². The van der Waals surface area contributed by atoms with E-state index in [0.29, 0.717) is 24.0 Å². The van der Waals surface area contributed by atoms with Crippen LogP contribution in [0.4, 0.5) is 0 Å². The van der Waals surface area contributed by atoms with Crippen molar-refractivity contribution in [3.05, 3.63) is 11.6 Å². The van der Waals surface area contributed by atoms with E-state index < -0.39 is 35.9 Å². The third-order valence-corrected chi connectivity index (χ3v) is 14.9. The highest BCUT2D eigenvalue weighted by molar-refractivity contribution is 5.85. The Morgan fingerprint density at radius 1 is 0.878 bits per heavy atom. The molecule has 0 aromatic rings. The molecule has 5 aliphatic carbocycles. The molecule has 0 aromatic heterocycles. The van der Waals surface area contributed by atoms with Crippen molar-refractivity contribution in [2.24, 2.45) is 50.2 Å². The summed E-state index contributed by atoms with van der Waals surface area (Å²) < 4.78 is 5.89. The van der Waals surface area contributed by atoms with E-state index in [2.05, 4.69) is 54.5 Å². The summed E-state index contributed by atoms with van der Waals surface area (Å²) in [4.78, 5) is 13.1. The molecule has 6 heteroatoms. The summed E-state index contributed by atoms with van der Waals surface area (Å²) in [6, 6.07) is 0. The molecule has 6 aliphatic rings. The van der Waals surface area contributed by atoms with Crippen LogP contribution in [-0.2, 0) is 9.53 Å². The van der Waals surface area contributed by atoms with Crippen LogP contribution in [0.2, 0.25) is 0 Å². The highest BCUT2D eigenvalue weighted by atomic mass is 16.5. The maximum atomic E-state index is 13.1. The van der Waals surface area contributed by atoms with Gasteiger partial charge in [0.2, 0.25) is 0 Å². The Labute approximate surface area is 247 Å². The predicted molar refractivity (Wildman–Crippen MR) is 158 cm³/mol. The smallest absolute Gasteiger partial charge is 0.138 e. The molecule has 0 aromatic carbocycles. The molecule has 5 fully saturated rings. The first-order valence-electron chi connectivity index (χ1n) is 16.5. The molecule has 0 radical (unpaired) electrons. The van der Waals surface area contributed by atoms with Crippen molar-refractivity contribution in [2.75, 3.05) is 6.61 Å². The Balaban J connectivity index is 1.40. The number of Topliss-reactive ketones (excluding diaryl/α,β-unsaturated/α-hetero) is 1. The van der Waals surface area contributed by atoms with E-state index in [1.54, 1.807) is 0 Å². The molecule has 5 unspecified atom stereocenters. The van der Waals surface area contributed by atoms with Gasteiger partial charge in [0.25, 0.3) is 0 Å². The maximum absolute atomic E-state index is 13.1. The lowest BCUT2D eigenvalue weighted by atomic mass is 9.33. The Bertz CT molecular complexity index is 1110. The monoisotopic (exact) mass is 572 g/mol. The van der Waals surface area contributed by atoms with Crippen molar-refractivity contribution in [3.63, 3.8) is 0 Å². The summed E-state index contributed by atoms with van der Waals surface area (Å²) in [6.07, 6.45) is 6.57. The van der Waals surface area contributed by atoms with Crippen molar-refractivity contribution < 1.29 is 30.0 Å². The molecule has 0 spiro atoms. The fourth-order valence-electron chi connectivity index (χ4n) is 12.0. The summed E-state index contributed by atoms with van der Waals surface area (Å²) in [5, 5.41) is 43.7. The molecular weight excluding hydrogens is 516 g/mol. The van der Waals surface area contributed by atoms with E-state index in [4.69, 9.17) is 4.74 Å². The summed E-state index contributed by atoms with van der Waals surface area (Å²) in [7, 11) is 0. The number of aliphatic hydroxyl groups excluding tert-OH is 4. The van der Waals surface area contributed by atoms with Crippen molar-refractivity contribution in [3.8, 4) is 0 Å². The number of rotatable bonds is 2. The molecule has 4 saturated carbocycles. The summed E-state index contributed by atoms with van der Waals surface area (Å²) >= 11 is 0. The van der Waals surface area contributed by atoms with E-state index in [9.17, 15) is 25.2 Å². The van der Waals surface area contributed by atoms with Gasteiger partial charge in [0, 0.05) is 17.3 Å². The Morgan fingerprint density at radius 2 is 1.56 bits per heavy atom. The van der Waals surface area contributed by atoms with Crippen LogP contribution in [0, 0.1) is 50.2 Å². The van der Waals surface area contributed by atoms with E-state index >= 15 is 0 Å². The second kappa shape index (κ2) is 9.36. The quantitative estimate of drug-likeness (QED) is 0.339.